The van der Waals surface area contributed by atoms with Crippen molar-refractivity contribution in [3.05, 3.63) is 94.1 Å². The lowest BCUT2D eigenvalue weighted by atomic mass is 9.71. The van der Waals surface area contributed by atoms with Gasteiger partial charge in [-0.1, -0.05) is 12.1 Å². The largest absolute Gasteiger partial charge is 0.494 e. The predicted molar refractivity (Wildman–Crippen MR) is 149 cm³/mol. The molecule has 4 rings (SSSR count). The lowest BCUT2D eigenvalue weighted by molar-refractivity contribution is 0.00244. The number of halogens is 1. The van der Waals surface area contributed by atoms with Crippen LogP contribution in [0.3, 0.4) is 0 Å². The van der Waals surface area contributed by atoms with Crippen molar-refractivity contribution in [2.75, 3.05) is 34.9 Å². The first-order valence-electron chi connectivity index (χ1n) is 12.6. The summed E-state index contributed by atoms with van der Waals surface area (Å²) in [5.41, 5.74) is 2.45. The molecule has 0 saturated heterocycles. The third kappa shape index (κ3) is 5.42. The van der Waals surface area contributed by atoms with E-state index in [9.17, 15) is 10.4 Å². The molecule has 202 valence electrons. The Morgan fingerprint density at radius 1 is 1.08 bits per heavy atom. The van der Waals surface area contributed by atoms with Crippen LogP contribution < -0.4 is 9.47 Å². The summed E-state index contributed by atoms with van der Waals surface area (Å²) in [5.74, 6) is -1.24. The van der Waals surface area contributed by atoms with Crippen molar-refractivity contribution in [3.63, 3.8) is 0 Å². The molecule has 0 aliphatic carbocycles. The number of ether oxygens (including phenoxy) is 2. The van der Waals surface area contributed by atoms with Gasteiger partial charge in [0, 0.05) is 40.5 Å². The number of benzene rings is 2. The minimum absolute atomic E-state index is 0.0603. The zero-order chi connectivity index (χ0) is 28.3. The lowest BCUT2D eigenvalue weighted by Gasteiger charge is -2.39. The molecular formula is C31H33FN4O3. The van der Waals surface area contributed by atoms with E-state index < -0.39 is 17.3 Å². The van der Waals surface area contributed by atoms with Gasteiger partial charge in [0.25, 0.3) is 0 Å². The monoisotopic (exact) mass is 528 g/mol. The Labute approximate surface area is 228 Å². The number of hydrogen-bond donors (Lipinski definition) is 1. The van der Waals surface area contributed by atoms with Gasteiger partial charge >= 0.3 is 0 Å². The van der Waals surface area contributed by atoms with E-state index in [4.69, 9.17) is 14.5 Å². The highest BCUT2D eigenvalue weighted by Crippen LogP contribution is 2.49. The maximum absolute atomic E-state index is 16.1. The number of pyridine rings is 2. The van der Waals surface area contributed by atoms with Crippen LogP contribution in [0.4, 0.5) is 4.39 Å². The van der Waals surface area contributed by atoms with Gasteiger partial charge in [-0.05, 0) is 76.3 Å². The molecule has 0 bridgehead atoms. The maximum atomic E-state index is 16.1. The molecular weight excluding hydrogens is 495 g/mol. The normalized spacial score (nSPS) is 13.6. The van der Waals surface area contributed by atoms with Crippen molar-refractivity contribution in [1.29, 1.82) is 5.26 Å². The number of nitrogens with zero attached hydrogens (tertiary/aromatic N) is 4. The molecule has 0 amide bonds. The molecule has 7 nitrogen and oxygen atoms in total. The van der Waals surface area contributed by atoms with Gasteiger partial charge < -0.3 is 19.5 Å². The Morgan fingerprint density at radius 2 is 1.85 bits per heavy atom. The molecule has 2 aromatic carbocycles. The summed E-state index contributed by atoms with van der Waals surface area (Å²) in [6.07, 6.45) is 1.91. The van der Waals surface area contributed by atoms with Crippen LogP contribution in [-0.4, -0.2) is 54.8 Å². The first-order chi connectivity index (χ1) is 18.6. The van der Waals surface area contributed by atoms with Gasteiger partial charge in [-0.15, -0.1) is 0 Å². The molecule has 4 aromatic rings. The fourth-order valence-corrected chi connectivity index (χ4v) is 4.93. The van der Waals surface area contributed by atoms with E-state index in [1.54, 1.807) is 42.6 Å². The number of methoxy groups -OCH3 is 2. The predicted octanol–water partition coefficient (Wildman–Crippen LogP) is 5.25. The van der Waals surface area contributed by atoms with Gasteiger partial charge in [-0.2, -0.15) is 5.26 Å². The van der Waals surface area contributed by atoms with Crippen LogP contribution in [-0.2, 0) is 5.60 Å². The summed E-state index contributed by atoms with van der Waals surface area (Å²) in [6, 6.07) is 15.9. The number of aromatic nitrogens is 2. The van der Waals surface area contributed by atoms with Crippen molar-refractivity contribution in [1.82, 2.24) is 14.9 Å². The average molecular weight is 529 g/mol. The van der Waals surface area contributed by atoms with E-state index in [0.29, 0.717) is 34.1 Å². The minimum atomic E-state index is -1.63. The smallest absolute Gasteiger partial charge is 0.217 e. The Kier molecular flexibility index (Phi) is 8.14. The van der Waals surface area contributed by atoms with Gasteiger partial charge in [0.1, 0.15) is 5.60 Å². The van der Waals surface area contributed by atoms with Crippen molar-refractivity contribution < 1.29 is 19.0 Å². The number of aliphatic hydroxyl groups is 1. The number of hydrogen-bond acceptors (Lipinski definition) is 7. The SMILES string of the molecule is COc1cccc(C(c2cc3cc(C#N)ccc3nc2OC)C(O)(CCN(C)C)c2cnc(C)c(C)c2)c1F. The van der Waals surface area contributed by atoms with Gasteiger partial charge in [-0.3, -0.25) is 4.98 Å². The molecule has 0 fully saturated rings. The molecule has 8 heteroatoms. The van der Waals surface area contributed by atoms with Crippen LogP contribution in [0.1, 0.15) is 45.8 Å². The number of rotatable bonds is 9. The standard InChI is InChI=1S/C31H33FN4O3/c1-19-14-23(18-34-20(19)2)31(37,12-13-36(3)4)28(24-8-7-9-27(38-5)29(24)32)25-16-22-15-21(17-33)10-11-26(22)35-30(25)39-6/h7-11,14-16,18,28,37H,12-13H2,1-6H3. The van der Waals surface area contributed by atoms with E-state index in [-0.39, 0.29) is 23.6 Å². The van der Waals surface area contributed by atoms with Gasteiger partial charge in [-0.25, -0.2) is 9.37 Å². The molecule has 0 saturated carbocycles. The molecule has 0 aliphatic heterocycles. The molecule has 0 spiro atoms. The van der Waals surface area contributed by atoms with Crippen LogP contribution in [0, 0.1) is 31.0 Å². The quantitative estimate of drug-likeness (QED) is 0.317. The zero-order valence-corrected chi connectivity index (χ0v) is 23.1. The van der Waals surface area contributed by atoms with Crippen LogP contribution in [0.5, 0.6) is 11.6 Å². The Balaban J connectivity index is 2.11. The van der Waals surface area contributed by atoms with E-state index in [0.717, 1.165) is 11.3 Å². The Bertz CT molecular complexity index is 1550. The van der Waals surface area contributed by atoms with Gasteiger partial charge in [0.05, 0.1) is 37.3 Å². The van der Waals surface area contributed by atoms with Gasteiger partial charge in [0.15, 0.2) is 11.6 Å². The van der Waals surface area contributed by atoms with Crippen LogP contribution in [0.15, 0.2) is 54.7 Å². The third-order valence-corrected chi connectivity index (χ3v) is 7.22. The van der Waals surface area contributed by atoms with Crippen molar-refractivity contribution in [3.8, 4) is 17.7 Å². The number of fused-ring (bicyclic) bond motifs is 1. The fourth-order valence-electron chi connectivity index (χ4n) is 4.93. The van der Waals surface area contributed by atoms with E-state index >= 15 is 4.39 Å². The third-order valence-electron chi connectivity index (χ3n) is 7.22. The maximum Gasteiger partial charge on any atom is 0.217 e. The van der Waals surface area contributed by atoms with Crippen molar-refractivity contribution >= 4 is 10.9 Å². The lowest BCUT2D eigenvalue weighted by Crippen LogP contribution is -2.38. The van der Waals surface area contributed by atoms with E-state index in [2.05, 4.69) is 11.1 Å². The Morgan fingerprint density at radius 3 is 2.49 bits per heavy atom. The summed E-state index contributed by atoms with van der Waals surface area (Å²) in [6.45, 7) is 4.34. The molecule has 39 heavy (non-hydrogen) atoms. The highest BCUT2D eigenvalue weighted by atomic mass is 19.1. The van der Waals surface area contributed by atoms with Crippen LogP contribution in [0.2, 0.25) is 0 Å². The second-order valence-electron chi connectivity index (χ2n) is 10.0. The second kappa shape index (κ2) is 11.4. The molecule has 2 atom stereocenters. The number of aryl methyl sites for hydroxylation is 2. The summed E-state index contributed by atoms with van der Waals surface area (Å²) in [7, 11) is 6.74. The molecule has 2 heterocycles. The van der Waals surface area contributed by atoms with Gasteiger partial charge in [0.2, 0.25) is 5.88 Å². The minimum Gasteiger partial charge on any atom is -0.494 e. The fraction of sp³-hybridized carbons (Fsp3) is 0.323. The molecule has 0 aliphatic rings. The topological polar surface area (TPSA) is 91.5 Å². The molecule has 0 radical (unpaired) electrons. The Hall–Kier alpha value is -4.06. The van der Waals surface area contributed by atoms with Crippen LogP contribution in [0.25, 0.3) is 10.9 Å². The molecule has 2 aromatic heterocycles. The number of nitriles is 1. The first kappa shape index (κ1) is 28.0. The second-order valence-corrected chi connectivity index (χ2v) is 10.0. The van der Waals surface area contributed by atoms with E-state index in [1.165, 1.54) is 14.2 Å². The van der Waals surface area contributed by atoms with E-state index in [1.807, 2.05) is 45.0 Å². The summed E-state index contributed by atoms with van der Waals surface area (Å²) in [5, 5.41) is 22.9. The first-order valence-corrected chi connectivity index (χ1v) is 12.6. The van der Waals surface area contributed by atoms with Crippen LogP contribution >= 0.6 is 0 Å². The summed E-state index contributed by atoms with van der Waals surface area (Å²) >= 11 is 0. The highest BCUT2D eigenvalue weighted by Gasteiger charge is 2.44. The summed E-state index contributed by atoms with van der Waals surface area (Å²) < 4.78 is 27.2. The summed E-state index contributed by atoms with van der Waals surface area (Å²) in [4.78, 5) is 11.2. The van der Waals surface area contributed by atoms with Crippen molar-refractivity contribution in [2.24, 2.45) is 0 Å². The zero-order valence-electron chi connectivity index (χ0n) is 23.1. The molecule has 1 N–H and O–H groups in total. The average Bonchev–Trinajstić information content (AvgIpc) is 2.93. The molecule has 2 unspecified atom stereocenters. The highest BCUT2D eigenvalue weighted by molar-refractivity contribution is 5.82. The van der Waals surface area contributed by atoms with Crippen molar-refractivity contribution in [2.45, 2.75) is 31.8 Å².